The Kier molecular flexibility index (Phi) is 4.57. The van der Waals surface area contributed by atoms with Crippen LogP contribution in [0, 0.1) is 0 Å². The minimum Gasteiger partial charge on any atom is -0.126 e. The van der Waals surface area contributed by atoms with Crippen LogP contribution in [0.25, 0.3) is 0 Å². The molecule has 0 saturated carbocycles. The van der Waals surface area contributed by atoms with Gasteiger partial charge in [0.25, 0.3) is 0 Å². The summed E-state index contributed by atoms with van der Waals surface area (Å²) < 4.78 is 0. The second-order valence-corrected chi connectivity index (χ2v) is 6.58. The van der Waals surface area contributed by atoms with Gasteiger partial charge in [0.05, 0.1) is 0 Å². The van der Waals surface area contributed by atoms with Crippen molar-refractivity contribution in [2.45, 2.75) is 31.1 Å². The molecule has 2 heteroatoms. The molecule has 110 valence electrons. The quantitative estimate of drug-likeness (QED) is 0.670. The first-order valence-electron chi connectivity index (χ1n) is 7.55. The van der Waals surface area contributed by atoms with Gasteiger partial charge in [0.1, 0.15) is 0 Å². The summed E-state index contributed by atoms with van der Waals surface area (Å²) in [5, 5.41) is 0. The van der Waals surface area contributed by atoms with Gasteiger partial charge in [-0.25, -0.2) is 0 Å². The highest BCUT2D eigenvalue weighted by Gasteiger charge is 2.31. The Morgan fingerprint density at radius 1 is 0.857 bits per heavy atom. The molecule has 1 aliphatic carbocycles. The maximum Gasteiger partial charge on any atom is 0.0335 e. The molecule has 2 aromatic carbocycles. The third kappa shape index (κ3) is 2.98. The molecule has 0 aromatic heterocycles. The highest BCUT2D eigenvalue weighted by molar-refractivity contribution is 6.22. The fraction of sp³-hybridized carbons (Fsp3) is 0.368. The molecule has 0 radical (unpaired) electrons. The summed E-state index contributed by atoms with van der Waals surface area (Å²) in [5.41, 5.74) is 5.42. The molecule has 1 aliphatic rings. The number of rotatable bonds is 5. The number of hydrogen-bond acceptors (Lipinski definition) is 0. The predicted octanol–water partition coefficient (Wildman–Crippen LogP) is 5.13. The van der Waals surface area contributed by atoms with Crippen molar-refractivity contribution in [3.8, 4) is 0 Å². The lowest BCUT2D eigenvalue weighted by atomic mass is 9.78. The van der Waals surface area contributed by atoms with Crippen LogP contribution in [0.1, 0.15) is 28.7 Å². The number of hydrogen-bond donors (Lipinski definition) is 0. The molecule has 0 bridgehead atoms. The Bertz CT molecular complexity index is 600. The van der Waals surface area contributed by atoms with E-state index >= 15 is 0 Å². The second-order valence-electron chi connectivity index (χ2n) is 6.05. The average molecular weight is 319 g/mol. The van der Waals surface area contributed by atoms with Gasteiger partial charge in [0.15, 0.2) is 0 Å². The molecule has 0 atom stereocenters. The zero-order valence-corrected chi connectivity index (χ0v) is 13.6. The smallest absolute Gasteiger partial charge is 0.0335 e. The third-order valence-electron chi connectivity index (χ3n) is 4.60. The maximum atomic E-state index is 6.34. The van der Waals surface area contributed by atoms with E-state index in [-0.39, 0.29) is 5.41 Å². The van der Waals surface area contributed by atoms with E-state index in [2.05, 4.69) is 42.5 Å². The first-order valence-corrected chi connectivity index (χ1v) is 8.62. The molecule has 0 amide bonds. The van der Waals surface area contributed by atoms with Crippen molar-refractivity contribution in [3.63, 3.8) is 0 Å². The Morgan fingerprint density at radius 3 is 2.29 bits per heavy atom. The lowest BCUT2D eigenvalue weighted by Gasteiger charge is -2.30. The predicted molar refractivity (Wildman–Crippen MR) is 91.7 cm³/mol. The molecule has 3 rings (SSSR count). The fourth-order valence-electron chi connectivity index (χ4n) is 3.30. The zero-order chi connectivity index (χ0) is 14.7. The van der Waals surface area contributed by atoms with Crippen molar-refractivity contribution in [1.29, 1.82) is 0 Å². The molecule has 0 N–H and O–H groups in total. The van der Waals surface area contributed by atoms with Gasteiger partial charge in [-0.3, -0.25) is 0 Å². The van der Waals surface area contributed by atoms with E-state index in [0.717, 1.165) is 6.42 Å². The Balaban J connectivity index is 1.92. The van der Waals surface area contributed by atoms with Crippen LogP contribution in [0.2, 0.25) is 0 Å². The van der Waals surface area contributed by atoms with E-state index < -0.39 is 0 Å². The van der Waals surface area contributed by atoms with Crippen LogP contribution < -0.4 is 0 Å². The highest BCUT2D eigenvalue weighted by Crippen LogP contribution is 2.33. The molecule has 2 aromatic rings. The van der Waals surface area contributed by atoms with Gasteiger partial charge in [-0.15, -0.1) is 23.2 Å². The number of benzene rings is 2. The van der Waals surface area contributed by atoms with Gasteiger partial charge in [0, 0.05) is 17.2 Å². The van der Waals surface area contributed by atoms with E-state index in [1.165, 1.54) is 41.5 Å². The van der Waals surface area contributed by atoms with Crippen molar-refractivity contribution in [2.75, 3.05) is 11.8 Å². The normalized spacial score (nSPS) is 14.2. The van der Waals surface area contributed by atoms with Gasteiger partial charge in [0.2, 0.25) is 0 Å². The SMILES string of the molecule is ClCC(CCl)(Cc1ccc2c(c1)CCC2)c1ccccc1. The maximum absolute atomic E-state index is 6.34. The van der Waals surface area contributed by atoms with Crippen LogP contribution >= 0.6 is 23.2 Å². The van der Waals surface area contributed by atoms with Crippen molar-refractivity contribution in [2.24, 2.45) is 0 Å². The third-order valence-corrected chi connectivity index (χ3v) is 5.63. The van der Waals surface area contributed by atoms with E-state index in [1.54, 1.807) is 0 Å². The molecule has 0 heterocycles. The van der Waals surface area contributed by atoms with Crippen LogP contribution in [0.4, 0.5) is 0 Å². The van der Waals surface area contributed by atoms with Crippen molar-refractivity contribution in [3.05, 3.63) is 70.8 Å². The number of fused-ring (bicyclic) bond motifs is 1. The summed E-state index contributed by atoms with van der Waals surface area (Å²) in [7, 11) is 0. The van der Waals surface area contributed by atoms with E-state index in [9.17, 15) is 0 Å². The summed E-state index contributed by atoms with van der Waals surface area (Å²) in [6, 6.07) is 17.3. The van der Waals surface area contributed by atoms with Gasteiger partial charge < -0.3 is 0 Å². The molecule has 0 nitrogen and oxygen atoms in total. The minimum atomic E-state index is -0.183. The largest absolute Gasteiger partial charge is 0.126 e. The molecular weight excluding hydrogens is 299 g/mol. The van der Waals surface area contributed by atoms with Crippen LogP contribution in [-0.4, -0.2) is 11.8 Å². The van der Waals surface area contributed by atoms with Crippen molar-refractivity contribution < 1.29 is 0 Å². The molecule has 0 spiro atoms. The molecule has 0 aliphatic heterocycles. The van der Waals surface area contributed by atoms with E-state index in [4.69, 9.17) is 23.2 Å². The standard InChI is InChI=1S/C19H20Cl2/c20-13-19(14-21,18-7-2-1-3-8-18)12-15-9-10-16-5-4-6-17(16)11-15/h1-3,7-11H,4-6,12-14H2. The van der Waals surface area contributed by atoms with Crippen molar-refractivity contribution in [1.82, 2.24) is 0 Å². The van der Waals surface area contributed by atoms with E-state index in [0.29, 0.717) is 11.8 Å². The summed E-state index contributed by atoms with van der Waals surface area (Å²) in [4.78, 5) is 0. The molecular formula is C19H20Cl2. The van der Waals surface area contributed by atoms with Crippen LogP contribution in [-0.2, 0) is 24.7 Å². The summed E-state index contributed by atoms with van der Waals surface area (Å²) >= 11 is 12.7. The fourth-order valence-corrected chi connectivity index (χ4v) is 4.09. The number of alkyl halides is 2. The van der Waals surface area contributed by atoms with Crippen LogP contribution in [0.15, 0.2) is 48.5 Å². The second kappa shape index (κ2) is 6.42. The van der Waals surface area contributed by atoms with Crippen molar-refractivity contribution >= 4 is 23.2 Å². The van der Waals surface area contributed by atoms with Gasteiger partial charge in [-0.1, -0.05) is 48.5 Å². The Hall–Kier alpha value is -0.980. The molecule has 0 saturated heterocycles. The zero-order valence-electron chi connectivity index (χ0n) is 12.1. The van der Waals surface area contributed by atoms with E-state index in [1.807, 2.05) is 6.07 Å². The Labute approximate surface area is 137 Å². The average Bonchev–Trinajstić information content (AvgIpc) is 3.01. The minimum absolute atomic E-state index is 0.183. The van der Waals surface area contributed by atoms with Crippen LogP contribution in [0.5, 0.6) is 0 Å². The topological polar surface area (TPSA) is 0 Å². The van der Waals surface area contributed by atoms with Crippen LogP contribution in [0.3, 0.4) is 0 Å². The summed E-state index contributed by atoms with van der Waals surface area (Å²) in [6.45, 7) is 0. The molecule has 0 unspecified atom stereocenters. The summed E-state index contributed by atoms with van der Waals surface area (Å²) in [5.74, 6) is 1.08. The lowest BCUT2D eigenvalue weighted by Crippen LogP contribution is -2.33. The molecule has 0 fully saturated rings. The lowest BCUT2D eigenvalue weighted by molar-refractivity contribution is 0.536. The first-order chi connectivity index (χ1) is 10.3. The van der Waals surface area contributed by atoms with Gasteiger partial charge in [-0.2, -0.15) is 0 Å². The summed E-state index contributed by atoms with van der Waals surface area (Å²) in [6.07, 6.45) is 4.62. The first kappa shape index (κ1) is 14.9. The monoisotopic (exact) mass is 318 g/mol. The number of aryl methyl sites for hydroxylation is 2. The van der Waals surface area contributed by atoms with Gasteiger partial charge >= 0.3 is 0 Å². The highest BCUT2D eigenvalue weighted by atomic mass is 35.5. The number of halogens is 2. The van der Waals surface area contributed by atoms with Gasteiger partial charge in [-0.05, 0) is 47.9 Å². The Morgan fingerprint density at radius 2 is 1.57 bits per heavy atom. The molecule has 21 heavy (non-hydrogen) atoms.